The molecule has 4 nitrogen and oxygen atoms in total. The highest BCUT2D eigenvalue weighted by atomic mass is 16.3. The van der Waals surface area contributed by atoms with Crippen molar-refractivity contribution < 1.29 is 9.90 Å². The fourth-order valence-corrected chi connectivity index (χ4v) is 2.32. The van der Waals surface area contributed by atoms with Crippen molar-refractivity contribution in [3.63, 3.8) is 0 Å². The van der Waals surface area contributed by atoms with E-state index in [1.165, 1.54) is 0 Å². The van der Waals surface area contributed by atoms with Crippen molar-refractivity contribution in [1.82, 2.24) is 10.6 Å². The van der Waals surface area contributed by atoms with E-state index in [0.29, 0.717) is 12.3 Å². The Kier molecular flexibility index (Phi) is 6.69. The van der Waals surface area contributed by atoms with Gasteiger partial charge in [-0.05, 0) is 31.2 Å². The first-order valence-corrected chi connectivity index (χ1v) is 7.66. The van der Waals surface area contributed by atoms with Crippen molar-refractivity contribution in [3.8, 4) is 0 Å². The largest absolute Gasteiger partial charge is 0.396 e. The summed E-state index contributed by atoms with van der Waals surface area (Å²) in [5, 5.41) is 15.2. The molecule has 1 rings (SSSR count). The maximum absolute atomic E-state index is 12.3. The Morgan fingerprint density at radius 3 is 2.38 bits per heavy atom. The minimum atomic E-state index is -0.378. The van der Waals surface area contributed by atoms with Gasteiger partial charge in [0, 0.05) is 12.1 Å². The molecule has 118 valence electrons. The number of urea groups is 1. The number of rotatable bonds is 7. The van der Waals surface area contributed by atoms with Gasteiger partial charge in [-0.25, -0.2) is 4.79 Å². The third-order valence-electron chi connectivity index (χ3n) is 3.97. The van der Waals surface area contributed by atoms with E-state index >= 15 is 0 Å². The topological polar surface area (TPSA) is 61.4 Å². The summed E-state index contributed by atoms with van der Waals surface area (Å²) in [5.41, 5.74) is 0.722. The predicted molar refractivity (Wildman–Crippen MR) is 86.1 cm³/mol. The first kappa shape index (κ1) is 17.5. The molecule has 0 aromatic heterocycles. The van der Waals surface area contributed by atoms with E-state index in [1.54, 1.807) is 0 Å². The molecular formula is C17H28N2O2. The molecule has 2 amide bonds. The number of amides is 2. The first-order valence-electron chi connectivity index (χ1n) is 7.66. The Balaban J connectivity index is 2.74. The van der Waals surface area contributed by atoms with Crippen molar-refractivity contribution in [1.29, 1.82) is 0 Å². The number of hydrogen-bond acceptors (Lipinski definition) is 2. The smallest absolute Gasteiger partial charge is 0.315 e. The molecule has 2 atom stereocenters. The molecule has 4 heteroatoms. The number of carbonyl (C=O) groups excluding carboxylic acids is 1. The van der Waals surface area contributed by atoms with Crippen LogP contribution in [0.3, 0.4) is 0 Å². The summed E-state index contributed by atoms with van der Waals surface area (Å²) in [6.45, 7) is 8.20. The molecule has 0 bridgehead atoms. The van der Waals surface area contributed by atoms with E-state index in [1.807, 2.05) is 44.2 Å². The van der Waals surface area contributed by atoms with E-state index in [-0.39, 0.29) is 24.2 Å². The quantitative estimate of drug-likeness (QED) is 0.722. The summed E-state index contributed by atoms with van der Waals surface area (Å²) in [6, 6.07) is 9.77. The Bertz CT molecular complexity index is 434. The molecule has 21 heavy (non-hydrogen) atoms. The number of benzene rings is 1. The monoisotopic (exact) mass is 292 g/mol. The van der Waals surface area contributed by atoms with E-state index in [0.717, 1.165) is 12.0 Å². The molecule has 0 aliphatic rings. The molecule has 1 aromatic rings. The van der Waals surface area contributed by atoms with Crippen molar-refractivity contribution in [3.05, 3.63) is 35.9 Å². The molecule has 1 aromatic carbocycles. The average Bonchev–Trinajstić information content (AvgIpc) is 2.45. The summed E-state index contributed by atoms with van der Waals surface area (Å²) in [4.78, 5) is 12.3. The highest BCUT2D eigenvalue weighted by Crippen LogP contribution is 2.21. The number of nitrogens with one attached hydrogen (secondary N) is 2. The van der Waals surface area contributed by atoms with Gasteiger partial charge in [-0.2, -0.15) is 0 Å². The van der Waals surface area contributed by atoms with Gasteiger partial charge in [0.1, 0.15) is 0 Å². The lowest BCUT2D eigenvalue weighted by Crippen LogP contribution is -2.51. The first-order chi connectivity index (χ1) is 9.91. The molecule has 0 saturated heterocycles. The van der Waals surface area contributed by atoms with E-state index in [9.17, 15) is 4.79 Å². The van der Waals surface area contributed by atoms with Gasteiger partial charge in [-0.15, -0.1) is 0 Å². The van der Waals surface area contributed by atoms with Gasteiger partial charge in [-0.1, -0.05) is 51.1 Å². The molecule has 0 spiro atoms. The van der Waals surface area contributed by atoms with Crippen LogP contribution in [0.2, 0.25) is 0 Å². The maximum atomic E-state index is 12.3. The van der Waals surface area contributed by atoms with E-state index in [4.69, 9.17) is 5.11 Å². The third kappa shape index (κ3) is 5.38. The lowest BCUT2D eigenvalue weighted by Gasteiger charge is -2.31. The minimum absolute atomic E-state index is 0.0265. The average molecular weight is 292 g/mol. The fourth-order valence-electron chi connectivity index (χ4n) is 2.32. The number of hydrogen-bond donors (Lipinski definition) is 3. The van der Waals surface area contributed by atoms with Crippen molar-refractivity contribution in [2.45, 2.75) is 52.1 Å². The second-order valence-electron chi connectivity index (χ2n) is 6.12. The normalized spacial score (nSPS) is 15.3. The summed E-state index contributed by atoms with van der Waals surface area (Å²) in [6.07, 6.45) is 1.33. The van der Waals surface area contributed by atoms with Crippen LogP contribution in [0.15, 0.2) is 30.3 Å². The van der Waals surface area contributed by atoms with E-state index < -0.39 is 0 Å². The summed E-state index contributed by atoms with van der Waals surface area (Å²) < 4.78 is 0. The Morgan fingerprint density at radius 2 is 1.90 bits per heavy atom. The highest BCUT2D eigenvalue weighted by Gasteiger charge is 2.25. The molecule has 0 fully saturated rings. The zero-order valence-corrected chi connectivity index (χ0v) is 13.5. The summed E-state index contributed by atoms with van der Waals surface area (Å²) in [7, 11) is 0. The zero-order chi connectivity index (χ0) is 15.9. The van der Waals surface area contributed by atoms with Crippen LogP contribution < -0.4 is 10.6 Å². The Morgan fingerprint density at radius 1 is 1.29 bits per heavy atom. The molecule has 0 saturated carbocycles. The predicted octanol–water partition coefficient (Wildman–Crippen LogP) is 3.23. The van der Waals surface area contributed by atoms with Crippen molar-refractivity contribution in [2.75, 3.05) is 6.61 Å². The number of carbonyl (C=O) groups is 1. The maximum Gasteiger partial charge on any atom is 0.315 e. The molecule has 0 aliphatic carbocycles. The number of aliphatic hydroxyl groups excluding tert-OH is 1. The van der Waals surface area contributed by atoms with Crippen LogP contribution >= 0.6 is 0 Å². The van der Waals surface area contributed by atoms with Crippen LogP contribution in [0.5, 0.6) is 0 Å². The van der Waals surface area contributed by atoms with Crippen LogP contribution in [0.25, 0.3) is 0 Å². The zero-order valence-electron chi connectivity index (χ0n) is 13.5. The minimum Gasteiger partial charge on any atom is -0.396 e. The van der Waals surface area contributed by atoms with Crippen molar-refractivity contribution >= 4 is 6.03 Å². The standard InChI is InChI=1S/C17H28N2O2/c1-5-17(4,11-12-20)19-16(21)18-15(13(2)3)14-9-7-6-8-10-14/h6-10,13,15,20H,5,11-12H2,1-4H3,(H2,18,19,21). The Hall–Kier alpha value is -1.55. The fraction of sp³-hybridized carbons (Fsp3) is 0.588. The van der Waals surface area contributed by atoms with Crippen LogP contribution in [0.1, 0.15) is 52.1 Å². The van der Waals surface area contributed by atoms with Gasteiger partial charge in [0.25, 0.3) is 0 Å². The molecule has 0 aliphatic heterocycles. The van der Waals surface area contributed by atoms with Gasteiger partial charge >= 0.3 is 6.03 Å². The Labute approximate surface area is 128 Å². The second kappa shape index (κ2) is 8.03. The van der Waals surface area contributed by atoms with Crippen LogP contribution in [0, 0.1) is 5.92 Å². The van der Waals surface area contributed by atoms with Crippen LogP contribution in [0.4, 0.5) is 4.79 Å². The lowest BCUT2D eigenvalue weighted by molar-refractivity contribution is 0.196. The molecule has 0 heterocycles. The van der Waals surface area contributed by atoms with Crippen LogP contribution in [-0.2, 0) is 0 Å². The summed E-state index contributed by atoms with van der Waals surface area (Å²) >= 11 is 0. The summed E-state index contributed by atoms with van der Waals surface area (Å²) in [5.74, 6) is 0.295. The van der Waals surface area contributed by atoms with Gasteiger partial charge < -0.3 is 15.7 Å². The highest BCUT2D eigenvalue weighted by molar-refractivity contribution is 5.75. The van der Waals surface area contributed by atoms with Gasteiger partial charge in [0.2, 0.25) is 0 Å². The lowest BCUT2D eigenvalue weighted by atomic mass is 9.94. The van der Waals surface area contributed by atoms with Crippen molar-refractivity contribution in [2.24, 2.45) is 5.92 Å². The van der Waals surface area contributed by atoms with Gasteiger partial charge in [-0.3, -0.25) is 0 Å². The third-order valence-corrected chi connectivity index (χ3v) is 3.97. The molecule has 3 N–H and O–H groups in total. The molecule has 0 radical (unpaired) electrons. The SMILES string of the molecule is CCC(C)(CCO)NC(=O)NC(c1ccccc1)C(C)C. The molecule has 2 unspecified atom stereocenters. The number of aliphatic hydroxyl groups is 1. The van der Waals surface area contributed by atoms with E-state index in [2.05, 4.69) is 24.5 Å². The van der Waals surface area contributed by atoms with Crippen LogP contribution in [-0.4, -0.2) is 23.3 Å². The molecular weight excluding hydrogens is 264 g/mol. The van der Waals surface area contributed by atoms with Gasteiger partial charge in [0.15, 0.2) is 0 Å². The second-order valence-corrected chi connectivity index (χ2v) is 6.12. The van der Waals surface area contributed by atoms with Gasteiger partial charge in [0.05, 0.1) is 6.04 Å².